The van der Waals surface area contributed by atoms with Crippen molar-refractivity contribution in [3.8, 4) is 0 Å². The van der Waals surface area contributed by atoms with Crippen LogP contribution in [0.3, 0.4) is 0 Å². The number of rotatable bonds is 2. The lowest BCUT2D eigenvalue weighted by Gasteiger charge is -2.06. The highest BCUT2D eigenvalue weighted by Crippen LogP contribution is 2.34. The summed E-state index contributed by atoms with van der Waals surface area (Å²) in [6, 6.07) is 40.0. The van der Waals surface area contributed by atoms with Crippen molar-refractivity contribution in [2.45, 2.75) is 0 Å². The number of fused-ring (bicyclic) bond motifs is 6. The standard InChI is InChI=1S/C17H13N2P.C12H9N/c1-3-9-15-13(7-1)14-8-2-4-10-16(14)19(15)20-17-11-5-6-12-18-17;1-3-7-11-9(5-1)10-6-2-4-8-12(10)13-11/h1-12,20H;1-8,13H. The van der Waals surface area contributed by atoms with Crippen LogP contribution < -0.4 is 5.44 Å². The predicted octanol–water partition coefficient (Wildman–Crippen LogP) is 7.28. The van der Waals surface area contributed by atoms with E-state index in [9.17, 15) is 0 Å². The van der Waals surface area contributed by atoms with Gasteiger partial charge in [-0.05, 0) is 36.4 Å². The first kappa shape index (κ1) is 19.7. The number of hydrogen-bond donors (Lipinski definition) is 1. The van der Waals surface area contributed by atoms with Gasteiger partial charge in [0.05, 0.1) is 16.5 Å². The van der Waals surface area contributed by atoms with Gasteiger partial charge in [-0.15, -0.1) is 0 Å². The smallest absolute Gasteiger partial charge is 0.0811 e. The van der Waals surface area contributed by atoms with Crippen LogP contribution in [0, 0.1) is 0 Å². The first-order chi connectivity index (χ1) is 16.4. The molecule has 7 aromatic rings. The number of para-hydroxylation sites is 4. The Labute approximate surface area is 193 Å². The van der Waals surface area contributed by atoms with E-state index < -0.39 is 0 Å². The summed E-state index contributed by atoms with van der Waals surface area (Å²) < 4.78 is 2.37. The maximum Gasteiger partial charge on any atom is 0.0811 e. The molecule has 33 heavy (non-hydrogen) atoms. The third-order valence-corrected chi connectivity index (χ3v) is 7.12. The largest absolute Gasteiger partial charge is 0.355 e. The lowest BCUT2D eigenvalue weighted by atomic mass is 10.2. The highest BCUT2D eigenvalue weighted by molar-refractivity contribution is 7.45. The van der Waals surface area contributed by atoms with Crippen LogP contribution >= 0.6 is 8.73 Å². The molecule has 4 heteroatoms. The van der Waals surface area contributed by atoms with E-state index in [0.717, 1.165) is 5.44 Å². The van der Waals surface area contributed by atoms with Gasteiger partial charge in [-0.1, -0.05) is 78.9 Å². The van der Waals surface area contributed by atoms with Crippen molar-refractivity contribution in [1.82, 2.24) is 14.3 Å². The van der Waals surface area contributed by atoms with Crippen LogP contribution in [-0.2, 0) is 0 Å². The summed E-state index contributed by atoms with van der Waals surface area (Å²) >= 11 is 0. The average Bonchev–Trinajstić information content (AvgIpc) is 3.42. The molecule has 3 nitrogen and oxygen atoms in total. The molecular formula is C29H22N3P. The average molecular weight is 443 g/mol. The summed E-state index contributed by atoms with van der Waals surface area (Å²) in [7, 11) is 0.514. The van der Waals surface area contributed by atoms with E-state index in [1.165, 1.54) is 43.6 Å². The molecule has 0 aliphatic rings. The number of aromatic amines is 1. The van der Waals surface area contributed by atoms with Crippen molar-refractivity contribution in [2.24, 2.45) is 0 Å². The van der Waals surface area contributed by atoms with Gasteiger partial charge in [-0.2, -0.15) is 0 Å². The molecule has 7 rings (SSSR count). The molecule has 1 N–H and O–H groups in total. The Hall–Kier alpha value is -3.94. The fraction of sp³-hybridized carbons (Fsp3) is 0. The van der Waals surface area contributed by atoms with E-state index in [-0.39, 0.29) is 0 Å². The van der Waals surface area contributed by atoms with Crippen LogP contribution in [0.2, 0.25) is 0 Å². The molecule has 0 saturated carbocycles. The normalized spacial score (nSPS) is 11.5. The van der Waals surface area contributed by atoms with E-state index in [1.54, 1.807) is 0 Å². The minimum Gasteiger partial charge on any atom is -0.355 e. The van der Waals surface area contributed by atoms with Crippen LogP contribution in [0.4, 0.5) is 0 Å². The maximum absolute atomic E-state index is 4.46. The zero-order valence-corrected chi connectivity index (χ0v) is 18.9. The molecule has 0 fully saturated rings. The Bertz CT molecular complexity index is 1590. The van der Waals surface area contributed by atoms with Gasteiger partial charge in [0, 0.05) is 47.5 Å². The highest BCUT2D eigenvalue weighted by atomic mass is 31.1. The van der Waals surface area contributed by atoms with Gasteiger partial charge in [0.25, 0.3) is 0 Å². The van der Waals surface area contributed by atoms with Crippen LogP contribution in [0.1, 0.15) is 0 Å². The molecule has 158 valence electrons. The maximum atomic E-state index is 4.46. The molecule has 0 radical (unpaired) electrons. The van der Waals surface area contributed by atoms with Gasteiger partial charge in [0.2, 0.25) is 0 Å². The van der Waals surface area contributed by atoms with E-state index in [1.807, 2.05) is 18.3 Å². The monoisotopic (exact) mass is 443 g/mol. The van der Waals surface area contributed by atoms with Gasteiger partial charge in [-0.25, -0.2) is 0 Å². The van der Waals surface area contributed by atoms with Crippen LogP contribution in [0.5, 0.6) is 0 Å². The van der Waals surface area contributed by atoms with Gasteiger partial charge in [0.15, 0.2) is 0 Å². The first-order valence-electron chi connectivity index (χ1n) is 11.0. The minimum absolute atomic E-state index is 0.514. The van der Waals surface area contributed by atoms with Crippen LogP contribution in [0.15, 0.2) is 121 Å². The Kier molecular flexibility index (Phi) is 5.10. The number of nitrogens with zero attached hydrogens (tertiary/aromatic N) is 2. The molecule has 4 aromatic carbocycles. The number of pyridine rings is 1. The zero-order chi connectivity index (χ0) is 22.0. The summed E-state index contributed by atoms with van der Waals surface area (Å²) in [5.41, 5.74) is 6.08. The molecule has 0 amide bonds. The third kappa shape index (κ3) is 3.67. The summed E-state index contributed by atoms with van der Waals surface area (Å²) in [6.45, 7) is 0. The topological polar surface area (TPSA) is 33.6 Å². The van der Waals surface area contributed by atoms with Crippen LogP contribution in [-0.4, -0.2) is 14.3 Å². The lowest BCUT2D eigenvalue weighted by molar-refractivity contribution is 1.36. The third-order valence-electron chi connectivity index (χ3n) is 5.88. The predicted molar refractivity (Wildman–Crippen MR) is 143 cm³/mol. The number of nitrogens with one attached hydrogen (secondary N) is 1. The van der Waals surface area contributed by atoms with Gasteiger partial charge >= 0.3 is 0 Å². The van der Waals surface area contributed by atoms with Crippen molar-refractivity contribution >= 4 is 57.8 Å². The Morgan fingerprint density at radius 3 is 1.55 bits per heavy atom. The quantitative estimate of drug-likeness (QED) is 0.280. The molecule has 0 aliphatic carbocycles. The SMILES string of the molecule is c1ccc(Pn2c3ccccc3c3ccccc32)nc1.c1ccc2c(c1)[nH]c1ccccc12. The second-order valence-electron chi connectivity index (χ2n) is 7.91. The fourth-order valence-electron chi connectivity index (χ4n) is 4.39. The summed E-state index contributed by atoms with van der Waals surface area (Å²) in [6.07, 6.45) is 1.86. The van der Waals surface area contributed by atoms with Crippen molar-refractivity contribution in [3.63, 3.8) is 0 Å². The summed E-state index contributed by atoms with van der Waals surface area (Å²) in [5, 5.41) is 5.23. The first-order valence-corrected chi connectivity index (χ1v) is 11.9. The molecule has 1 unspecified atom stereocenters. The van der Waals surface area contributed by atoms with Crippen molar-refractivity contribution in [3.05, 3.63) is 121 Å². The Morgan fingerprint density at radius 2 is 1.00 bits per heavy atom. The second-order valence-corrected chi connectivity index (χ2v) is 9.10. The fourth-order valence-corrected chi connectivity index (χ4v) is 5.55. The molecule has 0 aliphatic heterocycles. The molecule has 3 aromatic heterocycles. The van der Waals surface area contributed by atoms with E-state index in [2.05, 4.69) is 117 Å². The number of aromatic nitrogens is 3. The van der Waals surface area contributed by atoms with Gasteiger partial charge in [0.1, 0.15) is 0 Å². The van der Waals surface area contributed by atoms with E-state index in [0.29, 0.717) is 8.73 Å². The molecule has 0 saturated heterocycles. The van der Waals surface area contributed by atoms with E-state index >= 15 is 0 Å². The Balaban J connectivity index is 0.000000137. The van der Waals surface area contributed by atoms with Crippen molar-refractivity contribution in [2.75, 3.05) is 0 Å². The number of hydrogen-bond acceptors (Lipinski definition) is 1. The number of H-pyrrole nitrogens is 1. The van der Waals surface area contributed by atoms with Crippen molar-refractivity contribution < 1.29 is 0 Å². The van der Waals surface area contributed by atoms with Crippen LogP contribution in [0.25, 0.3) is 43.6 Å². The molecular weight excluding hydrogens is 421 g/mol. The zero-order valence-electron chi connectivity index (χ0n) is 17.9. The summed E-state index contributed by atoms with van der Waals surface area (Å²) in [4.78, 5) is 7.84. The van der Waals surface area contributed by atoms with Gasteiger partial charge in [-0.3, -0.25) is 4.98 Å². The van der Waals surface area contributed by atoms with Crippen molar-refractivity contribution in [1.29, 1.82) is 0 Å². The Morgan fingerprint density at radius 1 is 0.515 bits per heavy atom. The lowest BCUT2D eigenvalue weighted by Crippen LogP contribution is -2.02. The molecule has 3 heterocycles. The molecule has 0 spiro atoms. The second kappa shape index (κ2) is 8.54. The van der Waals surface area contributed by atoms with E-state index in [4.69, 9.17) is 0 Å². The summed E-state index contributed by atoms with van der Waals surface area (Å²) in [5.74, 6) is 0. The molecule has 0 bridgehead atoms. The molecule has 1 atom stereocenters. The minimum atomic E-state index is 0.514. The highest BCUT2D eigenvalue weighted by Gasteiger charge is 2.10. The van der Waals surface area contributed by atoms with Gasteiger partial charge < -0.3 is 9.32 Å². The number of benzene rings is 4.